The van der Waals surface area contributed by atoms with E-state index in [0.29, 0.717) is 0 Å². The first-order valence-electron chi connectivity index (χ1n) is 4.27. The minimum atomic E-state index is 1.00. The van der Waals surface area contributed by atoms with Gasteiger partial charge in [-0.3, -0.25) is 0 Å². The number of rotatable bonds is 0. The Labute approximate surface area is 76.1 Å². The van der Waals surface area contributed by atoms with Crippen molar-refractivity contribution >= 4 is 0 Å². The predicted molar refractivity (Wildman–Crippen MR) is 55.4 cm³/mol. The highest BCUT2D eigenvalue weighted by Crippen LogP contribution is 2.00. The van der Waals surface area contributed by atoms with Gasteiger partial charge in [0.1, 0.15) is 0 Å². The molecule has 0 amide bonds. The van der Waals surface area contributed by atoms with Crippen LogP contribution in [0, 0.1) is 13.8 Å². The van der Waals surface area contributed by atoms with E-state index in [9.17, 15) is 0 Å². The fraction of sp³-hybridized carbons (Fsp3) is 0.455. The Morgan fingerprint density at radius 1 is 0.917 bits per heavy atom. The van der Waals surface area contributed by atoms with Gasteiger partial charge < -0.3 is 5.11 Å². The third-order valence-corrected chi connectivity index (χ3v) is 1.17. The molecule has 1 aromatic rings. The van der Waals surface area contributed by atoms with Crippen molar-refractivity contribution < 1.29 is 5.11 Å². The van der Waals surface area contributed by atoms with Gasteiger partial charge in [0.05, 0.1) is 0 Å². The molecule has 0 radical (unpaired) electrons. The van der Waals surface area contributed by atoms with Gasteiger partial charge in [-0.1, -0.05) is 49.2 Å². The minimum Gasteiger partial charge on any atom is -0.400 e. The summed E-state index contributed by atoms with van der Waals surface area (Å²) in [6.45, 7) is 8.21. The van der Waals surface area contributed by atoms with Crippen LogP contribution >= 0.6 is 0 Å². The standard InChI is InChI=1S/C8H10.C2H6.CH4O/c1-7-4-3-5-8(2)6-7;2*1-2/h3-6H,1-2H3;1-2H3;2H,1H3. The molecule has 0 aliphatic carbocycles. The molecule has 0 heterocycles. The molecular formula is C11H20O. The smallest absolute Gasteiger partial charge is 0.0319 e. The van der Waals surface area contributed by atoms with Crippen molar-refractivity contribution in [1.29, 1.82) is 0 Å². The molecular weight excluding hydrogens is 148 g/mol. The van der Waals surface area contributed by atoms with Gasteiger partial charge >= 0.3 is 0 Å². The molecule has 12 heavy (non-hydrogen) atoms. The van der Waals surface area contributed by atoms with Crippen molar-refractivity contribution in [3.8, 4) is 0 Å². The Hall–Kier alpha value is -0.820. The van der Waals surface area contributed by atoms with Crippen LogP contribution in [0.15, 0.2) is 24.3 Å². The number of hydrogen-bond donors (Lipinski definition) is 1. The van der Waals surface area contributed by atoms with E-state index in [1.165, 1.54) is 11.1 Å². The lowest BCUT2D eigenvalue weighted by Gasteiger charge is -1.90. The number of aryl methyl sites for hydroxylation is 2. The van der Waals surface area contributed by atoms with Crippen LogP contribution in [0.2, 0.25) is 0 Å². The van der Waals surface area contributed by atoms with Crippen molar-refractivity contribution in [3.63, 3.8) is 0 Å². The SMILES string of the molecule is CC.CO.Cc1cccc(C)c1. The summed E-state index contributed by atoms with van der Waals surface area (Å²) in [5.41, 5.74) is 2.68. The number of aliphatic hydroxyl groups is 1. The van der Waals surface area contributed by atoms with E-state index < -0.39 is 0 Å². The molecule has 1 N–H and O–H groups in total. The van der Waals surface area contributed by atoms with Crippen LogP contribution in [0.1, 0.15) is 25.0 Å². The third-order valence-electron chi connectivity index (χ3n) is 1.17. The summed E-state index contributed by atoms with van der Waals surface area (Å²) in [5.74, 6) is 0. The van der Waals surface area contributed by atoms with Gasteiger partial charge in [-0.2, -0.15) is 0 Å². The molecule has 0 aliphatic rings. The minimum absolute atomic E-state index is 1.00. The van der Waals surface area contributed by atoms with Crippen LogP contribution in [0.25, 0.3) is 0 Å². The van der Waals surface area contributed by atoms with E-state index >= 15 is 0 Å². The van der Waals surface area contributed by atoms with Gasteiger partial charge in [0.2, 0.25) is 0 Å². The third kappa shape index (κ3) is 7.29. The van der Waals surface area contributed by atoms with Crippen LogP contribution < -0.4 is 0 Å². The summed E-state index contributed by atoms with van der Waals surface area (Å²) in [5, 5.41) is 7.00. The largest absolute Gasteiger partial charge is 0.400 e. The predicted octanol–water partition coefficient (Wildman–Crippen LogP) is 2.94. The zero-order chi connectivity index (χ0) is 9.98. The first-order chi connectivity index (χ1) is 5.79. The van der Waals surface area contributed by atoms with Crippen LogP contribution in [-0.4, -0.2) is 12.2 Å². The molecule has 1 heteroatoms. The molecule has 1 aromatic carbocycles. The van der Waals surface area contributed by atoms with E-state index in [0.717, 1.165) is 7.11 Å². The molecule has 0 unspecified atom stereocenters. The van der Waals surface area contributed by atoms with Gasteiger partial charge in [-0.05, 0) is 13.8 Å². The van der Waals surface area contributed by atoms with Crippen molar-refractivity contribution in [2.75, 3.05) is 7.11 Å². The maximum absolute atomic E-state index is 7.00. The first-order valence-corrected chi connectivity index (χ1v) is 4.27. The van der Waals surface area contributed by atoms with Crippen LogP contribution in [0.3, 0.4) is 0 Å². The lowest BCUT2D eigenvalue weighted by molar-refractivity contribution is 0.399. The first kappa shape index (κ1) is 13.7. The zero-order valence-corrected chi connectivity index (χ0v) is 8.76. The van der Waals surface area contributed by atoms with Crippen molar-refractivity contribution in [2.45, 2.75) is 27.7 Å². The monoisotopic (exact) mass is 168 g/mol. The fourth-order valence-corrected chi connectivity index (χ4v) is 0.807. The Bertz CT molecular complexity index is 165. The second kappa shape index (κ2) is 10.2. The Morgan fingerprint density at radius 2 is 1.25 bits per heavy atom. The highest BCUT2D eigenvalue weighted by molar-refractivity contribution is 5.20. The van der Waals surface area contributed by atoms with Crippen LogP contribution in [-0.2, 0) is 0 Å². The van der Waals surface area contributed by atoms with Crippen molar-refractivity contribution in [3.05, 3.63) is 35.4 Å². The van der Waals surface area contributed by atoms with Crippen LogP contribution in [0.5, 0.6) is 0 Å². The van der Waals surface area contributed by atoms with Gasteiger partial charge in [-0.25, -0.2) is 0 Å². The Balaban J connectivity index is 0. The normalized spacial score (nSPS) is 7.17. The van der Waals surface area contributed by atoms with E-state index in [2.05, 4.69) is 38.1 Å². The van der Waals surface area contributed by atoms with E-state index in [1.54, 1.807) is 0 Å². The summed E-state index contributed by atoms with van der Waals surface area (Å²) < 4.78 is 0. The van der Waals surface area contributed by atoms with Crippen molar-refractivity contribution in [2.24, 2.45) is 0 Å². The molecule has 0 bridgehead atoms. The number of benzene rings is 1. The van der Waals surface area contributed by atoms with Crippen molar-refractivity contribution in [1.82, 2.24) is 0 Å². The molecule has 0 fully saturated rings. The Kier molecular flexibility index (Phi) is 11.7. The van der Waals surface area contributed by atoms with Gasteiger partial charge in [0, 0.05) is 7.11 Å². The van der Waals surface area contributed by atoms with Gasteiger partial charge in [0.25, 0.3) is 0 Å². The highest BCUT2D eigenvalue weighted by Gasteiger charge is 1.80. The summed E-state index contributed by atoms with van der Waals surface area (Å²) in [4.78, 5) is 0. The topological polar surface area (TPSA) is 20.2 Å². The van der Waals surface area contributed by atoms with E-state index in [1.807, 2.05) is 13.8 Å². The second-order valence-corrected chi connectivity index (χ2v) is 2.16. The molecule has 70 valence electrons. The molecule has 0 saturated heterocycles. The van der Waals surface area contributed by atoms with Gasteiger partial charge in [-0.15, -0.1) is 0 Å². The Morgan fingerprint density at radius 3 is 1.42 bits per heavy atom. The molecule has 0 saturated carbocycles. The molecule has 1 rings (SSSR count). The maximum atomic E-state index is 7.00. The summed E-state index contributed by atoms with van der Waals surface area (Å²) in [7, 11) is 1.00. The quantitative estimate of drug-likeness (QED) is 0.631. The molecule has 0 spiro atoms. The number of aliphatic hydroxyl groups excluding tert-OH is 1. The molecule has 0 aliphatic heterocycles. The maximum Gasteiger partial charge on any atom is 0.0319 e. The van der Waals surface area contributed by atoms with Gasteiger partial charge in [0.15, 0.2) is 0 Å². The molecule has 1 nitrogen and oxygen atoms in total. The zero-order valence-electron chi connectivity index (χ0n) is 8.76. The second-order valence-electron chi connectivity index (χ2n) is 2.16. The van der Waals surface area contributed by atoms with Crippen LogP contribution in [0.4, 0.5) is 0 Å². The highest BCUT2D eigenvalue weighted by atomic mass is 16.2. The average Bonchev–Trinajstić information content (AvgIpc) is 2.11. The fourth-order valence-electron chi connectivity index (χ4n) is 0.807. The average molecular weight is 168 g/mol. The lowest BCUT2D eigenvalue weighted by Crippen LogP contribution is -1.71. The number of hydrogen-bond acceptors (Lipinski definition) is 1. The lowest BCUT2D eigenvalue weighted by atomic mass is 10.2. The van der Waals surface area contributed by atoms with E-state index in [-0.39, 0.29) is 0 Å². The molecule has 0 atom stereocenters. The van der Waals surface area contributed by atoms with E-state index in [4.69, 9.17) is 5.11 Å². The summed E-state index contributed by atoms with van der Waals surface area (Å²) in [6.07, 6.45) is 0. The molecule has 0 aromatic heterocycles. The summed E-state index contributed by atoms with van der Waals surface area (Å²) in [6, 6.07) is 8.45. The summed E-state index contributed by atoms with van der Waals surface area (Å²) >= 11 is 0.